The van der Waals surface area contributed by atoms with Crippen molar-refractivity contribution in [2.75, 3.05) is 0 Å². The zero-order valence-corrected chi connectivity index (χ0v) is 8.01. The maximum absolute atomic E-state index is 10.7. The Bertz CT molecular complexity index is 385. The van der Waals surface area contributed by atoms with Gasteiger partial charge in [-0.25, -0.2) is 4.79 Å². The number of carbonyl (C=O) groups excluding carboxylic acids is 1. The molecule has 0 saturated carbocycles. The molecular formula is C10H10O5. The van der Waals surface area contributed by atoms with Crippen LogP contribution in [0.25, 0.3) is 0 Å². The summed E-state index contributed by atoms with van der Waals surface area (Å²) in [6.07, 6.45) is -1.69. The second kappa shape index (κ2) is 4.56. The first-order chi connectivity index (χ1) is 7.02. The van der Waals surface area contributed by atoms with E-state index in [0.29, 0.717) is 0 Å². The number of hydrogen-bond donors (Lipinski definition) is 2. The van der Waals surface area contributed by atoms with Crippen LogP contribution in [0.4, 0.5) is 0 Å². The number of esters is 1. The van der Waals surface area contributed by atoms with E-state index in [4.69, 9.17) is 9.84 Å². The normalized spacial score (nSPS) is 11.9. The van der Waals surface area contributed by atoms with Gasteiger partial charge in [0.1, 0.15) is 5.75 Å². The quantitative estimate of drug-likeness (QED) is 0.567. The average Bonchev–Trinajstić information content (AvgIpc) is 2.16. The summed E-state index contributed by atoms with van der Waals surface area (Å²) in [4.78, 5) is 21.3. The van der Waals surface area contributed by atoms with Crippen molar-refractivity contribution in [3.05, 3.63) is 29.8 Å². The van der Waals surface area contributed by atoms with E-state index in [9.17, 15) is 14.7 Å². The third-order valence-electron chi connectivity index (χ3n) is 1.70. The van der Waals surface area contributed by atoms with Crippen LogP contribution in [0.3, 0.4) is 0 Å². The van der Waals surface area contributed by atoms with Crippen molar-refractivity contribution in [3.8, 4) is 5.75 Å². The van der Waals surface area contributed by atoms with Crippen molar-refractivity contribution in [3.63, 3.8) is 0 Å². The molecule has 0 unspecified atom stereocenters. The van der Waals surface area contributed by atoms with Gasteiger partial charge in [0, 0.05) is 12.5 Å². The molecule has 0 fully saturated rings. The van der Waals surface area contributed by atoms with Crippen LogP contribution < -0.4 is 4.74 Å². The molecule has 2 N–H and O–H groups in total. The lowest BCUT2D eigenvalue weighted by Gasteiger charge is -2.10. The van der Waals surface area contributed by atoms with Crippen LogP contribution in [-0.4, -0.2) is 22.2 Å². The summed E-state index contributed by atoms with van der Waals surface area (Å²) in [5.41, 5.74) is 0.0557. The first kappa shape index (κ1) is 11.2. The lowest BCUT2D eigenvalue weighted by atomic mass is 10.1. The van der Waals surface area contributed by atoms with Gasteiger partial charge in [0.05, 0.1) is 0 Å². The van der Waals surface area contributed by atoms with E-state index in [1.807, 2.05) is 0 Å². The minimum Gasteiger partial charge on any atom is -0.479 e. The monoisotopic (exact) mass is 210 g/mol. The highest BCUT2D eigenvalue weighted by Gasteiger charge is 2.20. The molecule has 1 rings (SSSR count). The molecule has 1 aromatic carbocycles. The van der Waals surface area contributed by atoms with Crippen LogP contribution in [-0.2, 0) is 9.59 Å². The number of benzene rings is 1. The number of ether oxygens (including phenoxy) is 1. The smallest absolute Gasteiger partial charge is 0.337 e. The Morgan fingerprint density at radius 1 is 1.33 bits per heavy atom. The summed E-state index contributed by atoms with van der Waals surface area (Å²) in [5, 5.41) is 17.9. The minimum absolute atomic E-state index is 0.0555. The van der Waals surface area contributed by atoms with Gasteiger partial charge in [-0.05, 0) is 6.07 Å². The molecule has 0 saturated heterocycles. The van der Waals surface area contributed by atoms with Gasteiger partial charge in [0.2, 0.25) is 0 Å². The van der Waals surface area contributed by atoms with Gasteiger partial charge < -0.3 is 14.9 Å². The maximum atomic E-state index is 10.7. The van der Waals surface area contributed by atoms with E-state index < -0.39 is 18.0 Å². The second-order valence-corrected chi connectivity index (χ2v) is 2.87. The molecule has 0 aromatic heterocycles. The number of aliphatic hydroxyl groups is 1. The standard InChI is InChI=1S/C10H10O5/c1-6(11)15-8-5-3-2-4-7(8)9(12)10(13)14/h2-5,9,12H,1H3,(H,13,14)/t9-/m1/s1. The number of aliphatic carboxylic acids is 1. The van der Waals surface area contributed by atoms with E-state index in [-0.39, 0.29) is 11.3 Å². The van der Waals surface area contributed by atoms with Gasteiger partial charge in [0.25, 0.3) is 0 Å². The summed E-state index contributed by atoms with van der Waals surface area (Å²) in [5.74, 6) is -1.91. The van der Waals surface area contributed by atoms with E-state index in [1.165, 1.54) is 19.1 Å². The Morgan fingerprint density at radius 2 is 1.93 bits per heavy atom. The molecule has 0 heterocycles. The highest BCUT2D eigenvalue weighted by Crippen LogP contribution is 2.25. The number of carbonyl (C=O) groups is 2. The topological polar surface area (TPSA) is 83.8 Å². The molecular weight excluding hydrogens is 200 g/mol. The third-order valence-corrected chi connectivity index (χ3v) is 1.70. The lowest BCUT2D eigenvalue weighted by molar-refractivity contribution is -0.147. The molecule has 0 aliphatic rings. The molecule has 0 aliphatic carbocycles. The largest absolute Gasteiger partial charge is 0.479 e. The second-order valence-electron chi connectivity index (χ2n) is 2.87. The van der Waals surface area contributed by atoms with Crippen molar-refractivity contribution < 1.29 is 24.5 Å². The fraction of sp³-hybridized carbons (Fsp3) is 0.200. The lowest BCUT2D eigenvalue weighted by Crippen LogP contribution is -2.13. The van der Waals surface area contributed by atoms with Gasteiger partial charge in [-0.15, -0.1) is 0 Å². The van der Waals surface area contributed by atoms with Crippen LogP contribution in [0.5, 0.6) is 5.75 Å². The molecule has 1 atom stereocenters. The fourth-order valence-corrected chi connectivity index (χ4v) is 1.09. The van der Waals surface area contributed by atoms with Crippen LogP contribution in [0.15, 0.2) is 24.3 Å². The molecule has 0 amide bonds. The number of carboxylic acid groups (broad SMARTS) is 1. The first-order valence-corrected chi connectivity index (χ1v) is 4.20. The molecule has 15 heavy (non-hydrogen) atoms. The number of hydrogen-bond acceptors (Lipinski definition) is 4. The highest BCUT2D eigenvalue weighted by atomic mass is 16.5. The number of para-hydroxylation sites is 1. The van der Waals surface area contributed by atoms with Crippen LogP contribution >= 0.6 is 0 Å². The summed E-state index contributed by atoms with van der Waals surface area (Å²) in [6, 6.07) is 5.94. The zero-order valence-electron chi connectivity index (χ0n) is 8.01. The number of aliphatic hydroxyl groups excluding tert-OH is 1. The van der Waals surface area contributed by atoms with Gasteiger partial charge in [-0.3, -0.25) is 4.79 Å². The maximum Gasteiger partial charge on any atom is 0.337 e. The molecule has 0 radical (unpaired) electrons. The van der Waals surface area contributed by atoms with Crippen molar-refractivity contribution in [2.24, 2.45) is 0 Å². The minimum atomic E-state index is -1.69. The molecule has 5 nitrogen and oxygen atoms in total. The molecule has 0 aliphatic heterocycles. The number of carboxylic acids is 1. The molecule has 0 bridgehead atoms. The predicted octanol–water partition coefficient (Wildman–Crippen LogP) is 0.730. The summed E-state index contributed by atoms with van der Waals surface area (Å²) in [6.45, 7) is 1.20. The van der Waals surface area contributed by atoms with E-state index >= 15 is 0 Å². The van der Waals surface area contributed by atoms with E-state index in [1.54, 1.807) is 12.1 Å². The first-order valence-electron chi connectivity index (χ1n) is 4.20. The fourth-order valence-electron chi connectivity index (χ4n) is 1.09. The van der Waals surface area contributed by atoms with Crippen molar-refractivity contribution >= 4 is 11.9 Å². The van der Waals surface area contributed by atoms with E-state index in [0.717, 1.165) is 0 Å². The van der Waals surface area contributed by atoms with Crippen LogP contribution in [0.2, 0.25) is 0 Å². The predicted molar refractivity (Wildman–Crippen MR) is 50.3 cm³/mol. The molecule has 0 spiro atoms. The Hall–Kier alpha value is -1.88. The molecule has 80 valence electrons. The highest BCUT2D eigenvalue weighted by molar-refractivity contribution is 5.76. The zero-order chi connectivity index (χ0) is 11.4. The number of rotatable bonds is 3. The van der Waals surface area contributed by atoms with E-state index in [2.05, 4.69) is 0 Å². The Labute approximate surface area is 85.9 Å². The summed E-state index contributed by atoms with van der Waals surface area (Å²) in [7, 11) is 0. The van der Waals surface area contributed by atoms with Gasteiger partial charge in [-0.2, -0.15) is 0 Å². The third kappa shape index (κ3) is 2.78. The Morgan fingerprint density at radius 3 is 2.47 bits per heavy atom. The summed E-state index contributed by atoms with van der Waals surface area (Å²) >= 11 is 0. The summed E-state index contributed by atoms with van der Waals surface area (Å²) < 4.78 is 4.75. The van der Waals surface area contributed by atoms with Gasteiger partial charge >= 0.3 is 11.9 Å². The van der Waals surface area contributed by atoms with Crippen molar-refractivity contribution in [1.82, 2.24) is 0 Å². The van der Waals surface area contributed by atoms with Crippen molar-refractivity contribution in [1.29, 1.82) is 0 Å². The Kier molecular flexibility index (Phi) is 3.41. The Balaban J connectivity index is 3.05. The SMILES string of the molecule is CC(=O)Oc1ccccc1[C@@H](O)C(=O)O. The van der Waals surface area contributed by atoms with Crippen LogP contribution in [0.1, 0.15) is 18.6 Å². The molecule has 5 heteroatoms. The van der Waals surface area contributed by atoms with Crippen molar-refractivity contribution in [2.45, 2.75) is 13.0 Å². The molecule has 1 aromatic rings. The van der Waals surface area contributed by atoms with Gasteiger partial charge in [-0.1, -0.05) is 18.2 Å². The van der Waals surface area contributed by atoms with Crippen LogP contribution in [0, 0.1) is 0 Å². The van der Waals surface area contributed by atoms with Gasteiger partial charge in [0.15, 0.2) is 6.10 Å². The average molecular weight is 210 g/mol.